The number of hydrogen-bond donors (Lipinski definition) is 0. The van der Waals surface area contributed by atoms with Crippen molar-refractivity contribution in [3.05, 3.63) is 65.5 Å². The molecule has 0 unspecified atom stereocenters. The Morgan fingerprint density at radius 2 is 1.58 bits per heavy atom. The summed E-state index contributed by atoms with van der Waals surface area (Å²) in [5.74, 6) is -1.61. The van der Waals surface area contributed by atoms with E-state index < -0.39 is 11.8 Å². The maximum atomic E-state index is 12.7. The van der Waals surface area contributed by atoms with Crippen LogP contribution in [0.25, 0.3) is 6.08 Å². The van der Waals surface area contributed by atoms with Gasteiger partial charge in [-0.2, -0.15) is 0 Å². The highest BCUT2D eigenvalue weighted by Crippen LogP contribution is 2.14. The lowest BCUT2D eigenvalue weighted by Crippen LogP contribution is -2.34. The summed E-state index contributed by atoms with van der Waals surface area (Å²) >= 11 is 0. The second kappa shape index (κ2) is 8.06. The summed E-state index contributed by atoms with van der Waals surface area (Å²) in [7, 11) is 4.26. The van der Waals surface area contributed by atoms with Gasteiger partial charge in [0.2, 0.25) is 6.41 Å². The normalized spacial score (nSPS) is 11.0. The zero-order valence-corrected chi connectivity index (χ0v) is 14.7. The molecule has 0 aliphatic rings. The van der Waals surface area contributed by atoms with Crippen LogP contribution in [0.5, 0.6) is 0 Å². The molecule has 0 saturated heterocycles. The molecule has 1 heterocycles. The van der Waals surface area contributed by atoms with Crippen molar-refractivity contribution in [1.82, 2.24) is 14.4 Å². The number of carbonyl (C=O) groups excluding carboxylic acids is 4. The van der Waals surface area contributed by atoms with Crippen molar-refractivity contribution >= 4 is 30.2 Å². The topological polar surface area (TPSA) is 79.7 Å². The van der Waals surface area contributed by atoms with E-state index in [0.29, 0.717) is 17.7 Å². The van der Waals surface area contributed by atoms with Crippen molar-refractivity contribution in [2.24, 2.45) is 0 Å². The maximum Gasteiger partial charge on any atom is 0.265 e. The second-order valence-electron chi connectivity index (χ2n) is 5.75. The van der Waals surface area contributed by atoms with E-state index in [9.17, 15) is 19.2 Å². The van der Waals surface area contributed by atoms with Gasteiger partial charge in [-0.05, 0) is 30.3 Å². The van der Waals surface area contributed by atoms with Crippen LogP contribution in [-0.4, -0.2) is 59.6 Å². The van der Waals surface area contributed by atoms with Crippen LogP contribution in [0.1, 0.15) is 16.1 Å². The number of likely N-dealkylation sites (N-methyl/N-ethyl adjacent to an activating group) is 2. The molecule has 0 spiro atoms. The Kier molecular flexibility index (Phi) is 5.85. The molecule has 0 saturated carbocycles. The highest BCUT2D eigenvalue weighted by molar-refractivity contribution is 6.23. The quantitative estimate of drug-likeness (QED) is 0.351. The number of aromatic nitrogens is 1. The van der Waals surface area contributed by atoms with Crippen LogP contribution in [0.3, 0.4) is 0 Å². The monoisotopic (exact) mass is 353 g/mol. The van der Waals surface area contributed by atoms with E-state index in [0.717, 1.165) is 4.90 Å². The molecule has 0 N–H and O–H groups in total. The largest absolute Gasteiger partial charge is 0.345 e. The zero-order chi connectivity index (χ0) is 19.3. The van der Waals surface area contributed by atoms with Crippen molar-refractivity contribution in [2.45, 2.75) is 0 Å². The van der Waals surface area contributed by atoms with Crippen molar-refractivity contribution in [3.63, 3.8) is 0 Å². The van der Waals surface area contributed by atoms with Crippen LogP contribution in [0.15, 0.2) is 54.2 Å². The molecule has 1 aromatic heterocycles. The van der Waals surface area contributed by atoms with Crippen molar-refractivity contribution in [1.29, 1.82) is 0 Å². The molecule has 3 amide bonds. The van der Waals surface area contributed by atoms with Crippen LogP contribution in [-0.2, 0) is 14.4 Å². The summed E-state index contributed by atoms with van der Waals surface area (Å²) in [6.07, 6.45) is 3.19. The highest BCUT2D eigenvalue weighted by Gasteiger charge is 2.24. The Morgan fingerprint density at radius 3 is 2.15 bits per heavy atom. The Morgan fingerprint density at radius 1 is 0.923 bits per heavy atom. The lowest BCUT2D eigenvalue weighted by molar-refractivity contribution is -0.136. The lowest BCUT2D eigenvalue weighted by Gasteiger charge is -2.16. The standard InChI is InChI=1S/C19H19N3O4/c1-20(2)18(25)16(19(26)21(3)13-23)12-15-10-7-11-22(15)17(24)14-8-5-4-6-9-14/h4-13H,1-3H3/b16-12-. The minimum absolute atomic E-state index is 0.217. The summed E-state index contributed by atoms with van der Waals surface area (Å²) in [5.41, 5.74) is 0.609. The van der Waals surface area contributed by atoms with E-state index in [1.165, 1.54) is 36.7 Å². The Hall–Kier alpha value is -3.48. The molecule has 0 radical (unpaired) electrons. The molecular weight excluding hydrogens is 334 g/mol. The fraction of sp³-hybridized carbons (Fsp3) is 0.158. The van der Waals surface area contributed by atoms with Gasteiger partial charge < -0.3 is 4.90 Å². The van der Waals surface area contributed by atoms with Gasteiger partial charge in [0.1, 0.15) is 5.57 Å². The number of nitrogens with zero attached hydrogens (tertiary/aromatic N) is 3. The zero-order valence-electron chi connectivity index (χ0n) is 14.7. The summed E-state index contributed by atoms with van der Waals surface area (Å²) < 4.78 is 1.34. The van der Waals surface area contributed by atoms with E-state index in [-0.39, 0.29) is 11.5 Å². The average molecular weight is 353 g/mol. The number of hydrogen-bond acceptors (Lipinski definition) is 4. The molecule has 26 heavy (non-hydrogen) atoms. The maximum absolute atomic E-state index is 12.7. The van der Waals surface area contributed by atoms with Crippen LogP contribution < -0.4 is 0 Å². The minimum Gasteiger partial charge on any atom is -0.345 e. The molecule has 0 bridgehead atoms. The first-order valence-electron chi connectivity index (χ1n) is 7.79. The van der Waals surface area contributed by atoms with Gasteiger partial charge in [0.15, 0.2) is 0 Å². The third-order valence-electron chi connectivity index (χ3n) is 3.66. The molecule has 0 aliphatic carbocycles. The number of imide groups is 1. The van der Waals surface area contributed by atoms with E-state index >= 15 is 0 Å². The van der Waals surface area contributed by atoms with Crippen LogP contribution in [0, 0.1) is 0 Å². The summed E-state index contributed by atoms with van der Waals surface area (Å²) in [5, 5.41) is 0. The van der Waals surface area contributed by atoms with Gasteiger partial charge in [0.25, 0.3) is 17.7 Å². The Balaban J connectivity index is 2.50. The SMILES string of the molecule is CN(C)C(=O)/C(=C/c1cccn1C(=O)c1ccccc1)C(=O)N(C)C=O. The number of benzene rings is 1. The van der Waals surface area contributed by atoms with Gasteiger partial charge in [-0.15, -0.1) is 0 Å². The molecule has 2 rings (SSSR count). The fourth-order valence-electron chi connectivity index (χ4n) is 2.26. The highest BCUT2D eigenvalue weighted by atomic mass is 16.2. The molecule has 0 fully saturated rings. The van der Waals surface area contributed by atoms with E-state index in [1.54, 1.807) is 48.7 Å². The van der Waals surface area contributed by atoms with Gasteiger partial charge in [0, 0.05) is 38.6 Å². The first-order chi connectivity index (χ1) is 12.4. The Bertz CT molecular complexity index is 866. The van der Waals surface area contributed by atoms with Crippen LogP contribution >= 0.6 is 0 Å². The smallest absolute Gasteiger partial charge is 0.265 e. The third kappa shape index (κ3) is 3.94. The summed E-state index contributed by atoms with van der Waals surface area (Å²) in [6.45, 7) is 0. The number of amides is 3. The van der Waals surface area contributed by atoms with Gasteiger partial charge in [-0.1, -0.05) is 18.2 Å². The van der Waals surface area contributed by atoms with Crippen molar-refractivity contribution in [3.8, 4) is 0 Å². The van der Waals surface area contributed by atoms with E-state index in [4.69, 9.17) is 0 Å². The third-order valence-corrected chi connectivity index (χ3v) is 3.66. The molecule has 7 nitrogen and oxygen atoms in total. The first-order valence-corrected chi connectivity index (χ1v) is 7.79. The van der Waals surface area contributed by atoms with E-state index in [2.05, 4.69) is 0 Å². The average Bonchev–Trinajstić information content (AvgIpc) is 3.12. The molecule has 134 valence electrons. The molecule has 0 aliphatic heterocycles. The van der Waals surface area contributed by atoms with Crippen LogP contribution in [0.4, 0.5) is 0 Å². The molecule has 0 atom stereocenters. The van der Waals surface area contributed by atoms with E-state index in [1.807, 2.05) is 0 Å². The molecule has 2 aromatic rings. The van der Waals surface area contributed by atoms with Gasteiger partial charge >= 0.3 is 0 Å². The Labute approximate surface area is 151 Å². The lowest BCUT2D eigenvalue weighted by atomic mass is 10.1. The van der Waals surface area contributed by atoms with Gasteiger partial charge in [-0.3, -0.25) is 28.6 Å². The number of rotatable bonds is 5. The second-order valence-corrected chi connectivity index (χ2v) is 5.75. The van der Waals surface area contributed by atoms with Gasteiger partial charge in [-0.25, -0.2) is 0 Å². The fourth-order valence-corrected chi connectivity index (χ4v) is 2.26. The van der Waals surface area contributed by atoms with Crippen molar-refractivity contribution in [2.75, 3.05) is 21.1 Å². The van der Waals surface area contributed by atoms with Crippen LogP contribution in [0.2, 0.25) is 0 Å². The minimum atomic E-state index is -0.751. The molecule has 7 heteroatoms. The van der Waals surface area contributed by atoms with Crippen molar-refractivity contribution < 1.29 is 19.2 Å². The predicted octanol–water partition coefficient (Wildman–Crippen LogP) is 1.26. The molecular formula is C19H19N3O4. The van der Waals surface area contributed by atoms with Gasteiger partial charge in [0.05, 0.1) is 0 Å². The molecule has 1 aromatic carbocycles. The summed E-state index contributed by atoms with van der Waals surface area (Å²) in [6, 6.07) is 11.9. The predicted molar refractivity (Wildman–Crippen MR) is 96.1 cm³/mol. The first kappa shape index (κ1) is 18.9. The summed E-state index contributed by atoms with van der Waals surface area (Å²) in [4.78, 5) is 50.3. The number of carbonyl (C=O) groups is 4.